The first-order valence-electron chi connectivity index (χ1n) is 6.29. The zero-order chi connectivity index (χ0) is 15.8. The number of sulfonamides is 1. The summed E-state index contributed by atoms with van der Waals surface area (Å²) in [5, 5.41) is 3.94. The molecule has 0 saturated carbocycles. The van der Waals surface area contributed by atoms with Gasteiger partial charge in [0.15, 0.2) is 5.82 Å². The number of rotatable bonds is 4. The molecule has 0 saturated heterocycles. The molecule has 1 atom stereocenters. The van der Waals surface area contributed by atoms with Gasteiger partial charge in [-0.3, -0.25) is 4.68 Å². The number of aromatic nitrogens is 2. The zero-order valence-corrected chi connectivity index (χ0v) is 14.4. The van der Waals surface area contributed by atoms with E-state index in [9.17, 15) is 8.42 Å². The number of hydrogen-bond donors (Lipinski definition) is 2. The summed E-state index contributed by atoms with van der Waals surface area (Å²) in [7, 11) is -2.07. The van der Waals surface area contributed by atoms with E-state index >= 15 is 0 Å². The highest BCUT2D eigenvalue weighted by atomic mass is 79.9. The molecular formula is C13H17BrN4O2S. The molecule has 0 amide bonds. The molecule has 0 spiro atoms. The maximum atomic E-state index is 12.5. The molecule has 0 aliphatic carbocycles. The van der Waals surface area contributed by atoms with E-state index in [0.29, 0.717) is 5.69 Å². The standard InChI is InChI=1S/C13H17BrN4O2S/c1-8(10-4-6-11(14)7-5-10)17-21(19,20)12-9(2)18(3)16-13(12)15/h4-8,17H,1-3H3,(H2,15,16)/t8-/m0/s1. The van der Waals surface area contributed by atoms with Gasteiger partial charge in [0.25, 0.3) is 0 Å². The molecule has 0 bridgehead atoms. The van der Waals surface area contributed by atoms with Crippen molar-refractivity contribution in [3.05, 3.63) is 40.0 Å². The first-order valence-corrected chi connectivity index (χ1v) is 8.57. The average Bonchev–Trinajstić information content (AvgIpc) is 2.63. The SMILES string of the molecule is Cc1c(S(=O)(=O)N[C@@H](C)c2ccc(Br)cc2)c(N)nn1C. The lowest BCUT2D eigenvalue weighted by Gasteiger charge is -2.15. The molecular weight excluding hydrogens is 356 g/mol. The fourth-order valence-electron chi connectivity index (χ4n) is 2.06. The van der Waals surface area contributed by atoms with Crippen molar-refractivity contribution >= 4 is 31.8 Å². The highest BCUT2D eigenvalue weighted by molar-refractivity contribution is 9.10. The molecule has 8 heteroatoms. The molecule has 1 heterocycles. The number of hydrogen-bond acceptors (Lipinski definition) is 4. The first-order chi connectivity index (χ1) is 9.72. The topological polar surface area (TPSA) is 90.0 Å². The van der Waals surface area contributed by atoms with Crippen molar-refractivity contribution in [3.63, 3.8) is 0 Å². The maximum Gasteiger partial charge on any atom is 0.246 e. The van der Waals surface area contributed by atoms with Gasteiger partial charge in [0.1, 0.15) is 4.90 Å². The van der Waals surface area contributed by atoms with Crippen molar-refractivity contribution < 1.29 is 8.42 Å². The molecule has 0 aliphatic heterocycles. The van der Waals surface area contributed by atoms with Crippen molar-refractivity contribution in [2.24, 2.45) is 7.05 Å². The minimum atomic E-state index is -3.73. The fourth-order valence-corrected chi connectivity index (χ4v) is 3.88. The summed E-state index contributed by atoms with van der Waals surface area (Å²) in [6.45, 7) is 3.45. The summed E-state index contributed by atoms with van der Waals surface area (Å²) in [5.41, 5.74) is 7.07. The third-order valence-electron chi connectivity index (χ3n) is 3.28. The normalized spacial score (nSPS) is 13.3. The van der Waals surface area contributed by atoms with Crippen molar-refractivity contribution in [1.29, 1.82) is 0 Å². The molecule has 6 nitrogen and oxygen atoms in total. The van der Waals surface area contributed by atoms with Crippen molar-refractivity contribution in [2.75, 3.05) is 5.73 Å². The van der Waals surface area contributed by atoms with E-state index in [0.717, 1.165) is 10.0 Å². The largest absolute Gasteiger partial charge is 0.381 e. The third kappa shape index (κ3) is 3.28. The van der Waals surface area contributed by atoms with Crippen LogP contribution in [-0.4, -0.2) is 18.2 Å². The van der Waals surface area contributed by atoms with Gasteiger partial charge in [-0.25, -0.2) is 13.1 Å². The van der Waals surface area contributed by atoms with Gasteiger partial charge in [-0.1, -0.05) is 28.1 Å². The summed E-state index contributed by atoms with van der Waals surface area (Å²) >= 11 is 3.35. The summed E-state index contributed by atoms with van der Waals surface area (Å²) < 4.78 is 30.0. The van der Waals surface area contributed by atoms with Crippen molar-refractivity contribution in [2.45, 2.75) is 24.8 Å². The Kier molecular flexibility index (Phi) is 4.40. The lowest BCUT2D eigenvalue weighted by Crippen LogP contribution is -2.27. The van der Waals surface area contributed by atoms with Gasteiger partial charge in [0, 0.05) is 17.6 Å². The number of aryl methyl sites for hydroxylation is 1. The van der Waals surface area contributed by atoms with Crippen LogP contribution in [0.1, 0.15) is 24.2 Å². The van der Waals surface area contributed by atoms with Crippen LogP contribution in [0.5, 0.6) is 0 Å². The summed E-state index contributed by atoms with van der Waals surface area (Å²) in [6, 6.07) is 7.07. The van der Waals surface area contributed by atoms with Gasteiger partial charge in [0.05, 0.1) is 5.69 Å². The summed E-state index contributed by atoms with van der Waals surface area (Å²) in [6.07, 6.45) is 0. The second-order valence-electron chi connectivity index (χ2n) is 4.82. The Bertz CT molecular complexity index is 753. The molecule has 21 heavy (non-hydrogen) atoms. The van der Waals surface area contributed by atoms with Gasteiger partial charge < -0.3 is 5.73 Å². The maximum absolute atomic E-state index is 12.5. The molecule has 2 aromatic rings. The fraction of sp³-hybridized carbons (Fsp3) is 0.308. The second-order valence-corrected chi connectivity index (χ2v) is 7.38. The highest BCUT2D eigenvalue weighted by Gasteiger charge is 2.26. The monoisotopic (exact) mass is 372 g/mol. The minimum Gasteiger partial charge on any atom is -0.381 e. The first kappa shape index (κ1) is 16.0. The van der Waals surface area contributed by atoms with Crippen LogP contribution in [0.25, 0.3) is 0 Å². The van der Waals surface area contributed by atoms with Crippen LogP contribution in [0.2, 0.25) is 0 Å². The molecule has 3 N–H and O–H groups in total. The van der Waals surface area contributed by atoms with E-state index in [-0.39, 0.29) is 16.8 Å². The second kappa shape index (κ2) is 5.78. The number of nitrogens with zero attached hydrogens (tertiary/aromatic N) is 2. The molecule has 114 valence electrons. The minimum absolute atomic E-state index is 0.00510. The quantitative estimate of drug-likeness (QED) is 0.859. The number of nitrogens with two attached hydrogens (primary N) is 1. The Morgan fingerprint density at radius 3 is 2.38 bits per heavy atom. The zero-order valence-electron chi connectivity index (χ0n) is 12.0. The van der Waals surface area contributed by atoms with Crippen LogP contribution in [0.4, 0.5) is 5.82 Å². The van der Waals surface area contributed by atoms with Gasteiger partial charge in [-0.05, 0) is 31.5 Å². The predicted octanol–water partition coefficient (Wildman–Crippen LogP) is 2.11. The number of nitrogens with one attached hydrogen (secondary N) is 1. The Morgan fingerprint density at radius 2 is 1.90 bits per heavy atom. The van der Waals surface area contributed by atoms with Crippen LogP contribution in [0, 0.1) is 6.92 Å². The van der Waals surface area contributed by atoms with E-state index in [1.54, 1.807) is 20.9 Å². The average molecular weight is 373 g/mol. The lowest BCUT2D eigenvalue weighted by atomic mass is 10.1. The smallest absolute Gasteiger partial charge is 0.246 e. The highest BCUT2D eigenvalue weighted by Crippen LogP contribution is 2.24. The van der Waals surface area contributed by atoms with Gasteiger partial charge in [-0.15, -0.1) is 0 Å². The van der Waals surface area contributed by atoms with Crippen molar-refractivity contribution in [1.82, 2.24) is 14.5 Å². The molecule has 0 unspecified atom stereocenters. The number of benzene rings is 1. The Morgan fingerprint density at radius 1 is 1.33 bits per heavy atom. The number of halogens is 1. The molecule has 0 fully saturated rings. The van der Waals surface area contributed by atoms with Gasteiger partial charge in [-0.2, -0.15) is 5.10 Å². The van der Waals surface area contributed by atoms with Crippen LogP contribution in [0.3, 0.4) is 0 Å². The Balaban J connectivity index is 2.31. The van der Waals surface area contributed by atoms with E-state index in [1.807, 2.05) is 24.3 Å². The third-order valence-corrected chi connectivity index (χ3v) is 5.51. The van der Waals surface area contributed by atoms with Crippen LogP contribution in [0.15, 0.2) is 33.6 Å². The molecule has 0 aliphatic rings. The molecule has 0 radical (unpaired) electrons. The van der Waals surface area contributed by atoms with Gasteiger partial charge >= 0.3 is 0 Å². The van der Waals surface area contributed by atoms with E-state index < -0.39 is 10.0 Å². The van der Waals surface area contributed by atoms with E-state index in [4.69, 9.17) is 5.73 Å². The Hall–Kier alpha value is -1.38. The van der Waals surface area contributed by atoms with E-state index in [2.05, 4.69) is 25.8 Å². The summed E-state index contributed by atoms with van der Waals surface area (Å²) in [4.78, 5) is 0.0361. The lowest BCUT2D eigenvalue weighted by molar-refractivity contribution is 0.566. The molecule has 1 aromatic carbocycles. The summed E-state index contributed by atoms with van der Waals surface area (Å²) in [5.74, 6) is 0.00510. The van der Waals surface area contributed by atoms with Crippen LogP contribution >= 0.6 is 15.9 Å². The number of nitrogen functional groups attached to an aromatic ring is 1. The van der Waals surface area contributed by atoms with Crippen LogP contribution in [-0.2, 0) is 17.1 Å². The van der Waals surface area contributed by atoms with Crippen LogP contribution < -0.4 is 10.5 Å². The predicted molar refractivity (Wildman–Crippen MR) is 85.2 cm³/mol. The number of anilines is 1. The molecule has 2 rings (SSSR count). The van der Waals surface area contributed by atoms with Crippen molar-refractivity contribution in [3.8, 4) is 0 Å². The van der Waals surface area contributed by atoms with Gasteiger partial charge in [0.2, 0.25) is 10.0 Å². The van der Waals surface area contributed by atoms with E-state index in [1.165, 1.54) is 4.68 Å². The molecule has 1 aromatic heterocycles. The Labute approximate surface area is 132 Å².